The molecule has 1 fully saturated rings. The van der Waals surface area contributed by atoms with Gasteiger partial charge in [-0.05, 0) is 25.3 Å². The molecule has 0 aromatic carbocycles. The van der Waals surface area contributed by atoms with E-state index in [2.05, 4.69) is 24.1 Å². The maximum absolute atomic E-state index is 12.5. The molecule has 1 saturated carbocycles. The van der Waals surface area contributed by atoms with Gasteiger partial charge in [-0.2, -0.15) is 0 Å². The lowest BCUT2D eigenvalue weighted by Gasteiger charge is -2.14. The molecule has 3 nitrogen and oxygen atoms in total. The number of nitrogens with zero attached hydrogens (tertiary/aromatic N) is 2. The molecule has 0 amide bonds. The third kappa shape index (κ3) is 4.38. The normalized spacial score (nSPS) is 15.3. The van der Waals surface area contributed by atoms with Crippen molar-refractivity contribution in [1.29, 1.82) is 0 Å². The van der Waals surface area contributed by atoms with Gasteiger partial charge < -0.3 is 10.2 Å². The molecule has 0 aliphatic heterocycles. The molecule has 1 heterocycles. The summed E-state index contributed by atoms with van der Waals surface area (Å²) in [5, 5.41) is 4.14. The van der Waals surface area contributed by atoms with E-state index in [1.807, 2.05) is 0 Å². The van der Waals surface area contributed by atoms with Gasteiger partial charge in [0.15, 0.2) is 5.13 Å². The number of anilines is 1. The molecule has 20 heavy (non-hydrogen) atoms. The minimum Gasteiger partial charge on any atom is -0.345 e. The van der Waals surface area contributed by atoms with E-state index in [0.29, 0.717) is 17.0 Å². The Labute approximate surface area is 123 Å². The molecule has 114 valence electrons. The lowest BCUT2D eigenvalue weighted by Crippen LogP contribution is -2.23. The highest BCUT2D eigenvalue weighted by atomic mass is 32.1. The Morgan fingerprint density at radius 3 is 2.65 bits per heavy atom. The second-order valence-corrected chi connectivity index (χ2v) is 6.94. The van der Waals surface area contributed by atoms with Crippen molar-refractivity contribution in [3.8, 4) is 0 Å². The van der Waals surface area contributed by atoms with Crippen molar-refractivity contribution in [2.45, 2.75) is 45.6 Å². The van der Waals surface area contributed by atoms with Crippen LogP contribution in [0.15, 0.2) is 0 Å². The van der Waals surface area contributed by atoms with Gasteiger partial charge >= 0.3 is 0 Å². The highest BCUT2D eigenvalue weighted by Crippen LogP contribution is 2.44. The number of hydrogen-bond donors (Lipinski definition) is 1. The number of hydrogen-bond acceptors (Lipinski definition) is 4. The smallest absolute Gasteiger partial charge is 0.255 e. The molecule has 0 bridgehead atoms. The Morgan fingerprint density at radius 1 is 1.40 bits per heavy atom. The minimum atomic E-state index is -2.32. The predicted molar refractivity (Wildman–Crippen MR) is 79.9 cm³/mol. The molecule has 6 heteroatoms. The van der Waals surface area contributed by atoms with E-state index in [1.54, 1.807) is 23.3 Å². The second kappa shape index (κ2) is 6.80. The summed E-state index contributed by atoms with van der Waals surface area (Å²) < 4.78 is 24.9. The van der Waals surface area contributed by atoms with Crippen LogP contribution < -0.4 is 10.2 Å². The zero-order chi connectivity index (χ0) is 14.7. The average Bonchev–Trinajstić information content (AvgIpc) is 3.09. The first-order valence-electron chi connectivity index (χ1n) is 7.17. The summed E-state index contributed by atoms with van der Waals surface area (Å²) in [6.07, 6.45) is 0.0356. The van der Waals surface area contributed by atoms with Gasteiger partial charge in [-0.15, -0.1) is 11.3 Å². The van der Waals surface area contributed by atoms with Gasteiger partial charge in [0, 0.05) is 24.4 Å². The molecule has 0 radical (unpaired) electrons. The zero-order valence-corrected chi connectivity index (χ0v) is 13.1. The van der Waals surface area contributed by atoms with Crippen molar-refractivity contribution in [3.63, 3.8) is 0 Å². The molecule has 1 aromatic heterocycles. The van der Waals surface area contributed by atoms with Crippen molar-refractivity contribution >= 4 is 16.5 Å². The monoisotopic (exact) mass is 303 g/mol. The predicted octanol–water partition coefficient (Wildman–Crippen LogP) is 3.47. The Morgan fingerprint density at radius 2 is 2.10 bits per heavy atom. The van der Waals surface area contributed by atoms with Gasteiger partial charge in [-0.1, -0.05) is 13.8 Å². The number of thiazole rings is 1. The number of rotatable bonds is 8. The van der Waals surface area contributed by atoms with Crippen LogP contribution in [-0.4, -0.2) is 31.5 Å². The lowest BCUT2D eigenvalue weighted by atomic mass is 10.2. The first kappa shape index (κ1) is 15.6. The summed E-state index contributed by atoms with van der Waals surface area (Å²) in [7, 11) is 1.69. The molecule has 2 rings (SSSR count). The average molecular weight is 303 g/mol. The highest BCUT2D eigenvalue weighted by molar-refractivity contribution is 7.15. The summed E-state index contributed by atoms with van der Waals surface area (Å²) in [6.45, 7) is 5.84. The van der Waals surface area contributed by atoms with Crippen molar-refractivity contribution in [2.24, 2.45) is 5.92 Å². The topological polar surface area (TPSA) is 28.2 Å². The molecule has 0 atom stereocenters. The first-order chi connectivity index (χ1) is 9.47. The third-order valence-corrected chi connectivity index (χ3v) is 4.44. The van der Waals surface area contributed by atoms with E-state index in [0.717, 1.165) is 18.8 Å². The van der Waals surface area contributed by atoms with E-state index in [4.69, 9.17) is 0 Å². The second-order valence-electron chi connectivity index (χ2n) is 5.88. The van der Waals surface area contributed by atoms with E-state index >= 15 is 0 Å². The zero-order valence-electron chi connectivity index (χ0n) is 12.3. The molecule has 0 saturated heterocycles. The van der Waals surface area contributed by atoms with Gasteiger partial charge in [0.05, 0.1) is 12.2 Å². The summed E-state index contributed by atoms with van der Waals surface area (Å²) in [4.78, 5) is 7.37. The molecule has 1 aliphatic rings. The fraction of sp³-hybridized carbons (Fsp3) is 0.786. The van der Waals surface area contributed by atoms with Crippen LogP contribution >= 0.6 is 11.3 Å². The summed E-state index contributed by atoms with van der Waals surface area (Å²) in [6, 6.07) is 0. The summed E-state index contributed by atoms with van der Waals surface area (Å²) >= 11 is 1.55. The Bertz CT molecular complexity index is 430. The van der Waals surface area contributed by atoms with Crippen molar-refractivity contribution < 1.29 is 8.78 Å². The van der Waals surface area contributed by atoms with Crippen LogP contribution in [0.25, 0.3) is 0 Å². The van der Waals surface area contributed by atoms with Gasteiger partial charge in [-0.25, -0.2) is 13.8 Å². The van der Waals surface area contributed by atoms with Crippen LogP contribution in [0.5, 0.6) is 0 Å². The third-order valence-electron chi connectivity index (χ3n) is 3.26. The van der Waals surface area contributed by atoms with Gasteiger partial charge in [0.2, 0.25) is 0 Å². The number of aromatic nitrogens is 1. The van der Waals surface area contributed by atoms with Crippen LogP contribution in [0, 0.1) is 5.92 Å². The van der Waals surface area contributed by atoms with E-state index in [9.17, 15) is 8.78 Å². The standard InChI is InChI=1S/C14H23F2N3S/c1-9(2)6-17-7-11-13(10-4-5-10)18-14(20-11)19(3)8-12(15)16/h9-10,12,17H,4-8H2,1-3H3. The van der Waals surface area contributed by atoms with Crippen LogP contribution in [0.2, 0.25) is 0 Å². The molecular weight excluding hydrogens is 280 g/mol. The summed E-state index contributed by atoms with van der Waals surface area (Å²) in [5.74, 6) is 1.16. The van der Waals surface area contributed by atoms with Crippen molar-refractivity contribution in [1.82, 2.24) is 10.3 Å². The maximum Gasteiger partial charge on any atom is 0.255 e. The van der Waals surface area contributed by atoms with Crippen LogP contribution in [0.3, 0.4) is 0 Å². The lowest BCUT2D eigenvalue weighted by molar-refractivity contribution is 0.156. The SMILES string of the molecule is CC(C)CNCc1sc(N(C)CC(F)F)nc1C1CC1. The van der Waals surface area contributed by atoms with Gasteiger partial charge in [0.25, 0.3) is 6.43 Å². The van der Waals surface area contributed by atoms with Crippen LogP contribution in [0.4, 0.5) is 13.9 Å². The number of nitrogens with one attached hydrogen (secondary N) is 1. The molecule has 0 spiro atoms. The molecular formula is C14H23F2N3S. The minimum absolute atomic E-state index is 0.253. The van der Waals surface area contributed by atoms with Crippen molar-refractivity contribution in [3.05, 3.63) is 10.6 Å². The Kier molecular flexibility index (Phi) is 5.32. The molecule has 1 N–H and O–H groups in total. The number of alkyl halides is 2. The van der Waals surface area contributed by atoms with E-state index in [1.165, 1.54) is 17.7 Å². The fourth-order valence-corrected chi connectivity index (χ4v) is 3.16. The highest BCUT2D eigenvalue weighted by Gasteiger charge is 2.30. The van der Waals surface area contributed by atoms with E-state index < -0.39 is 6.43 Å². The Balaban J connectivity index is 2.03. The Hall–Kier alpha value is -0.750. The molecule has 1 aliphatic carbocycles. The number of halogens is 2. The summed E-state index contributed by atoms with van der Waals surface area (Å²) in [5.41, 5.74) is 1.13. The van der Waals surface area contributed by atoms with Gasteiger partial charge in [0.1, 0.15) is 0 Å². The molecule has 0 unspecified atom stereocenters. The quantitative estimate of drug-likeness (QED) is 0.797. The first-order valence-corrected chi connectivity index (χ1v) is 7.98. The fourth-order valence-electron chi connectivity index (χ4n) is 2.08. The maximum atomic E-state index is 12.5. The molecule has 1 aromatic rings. The van der Waals surface area contributed by atoms with E-state index in [-0.39, 0.29) is 6.54 Å². The van der Waals surface area contributed by atoms with Crippen LogP contribution in [-0.2, 0) is 6.54 Å². The van der Waals surface area contributed by atoms with Gasteiger partial charge in [-0.3, -0.25) is 0 Å². The largest absolute Gasteiger partial charge is 0.345 e. The van der Waals surface area contributed by atoms with Crippen LogP contribution in [0.1, 0.15) is 43.2 Å². The van der Waals surface area contributed by atoms with Crippen molar-refractivity contribution in [2.75, 3.05) is 25.0 Å².